The van der Waals surface area contributed by atoms with Gasteiger partial charge in [0.2, 0.25) is 0 Å². The number of carbonyl (C=O) groups is 1. The summed E-state index contributed by atoms with van der Waals surface area (Å²) in [5, 5.41) is 3.41. The van der Waals surface area contributed by atoms with Gasteiger partial charge in [-0.15, -0.1) is 0 Å². The molecule has 0 spiro atoms. The zero-order chi connectivity index (χ0) is 17.5. The van der Waals surface area contributed by atoms with Gasteiger partial charge >= 0.3 is 0 Å². The van der Waals surface area contributed by atoms with E-state index in [1.807, 2.05) is 41.4 Å². The first-order chi connectivity index (χ1) is 12.3. The topological polar surface area (TPSA) is 45.2 Å². The molecule has 3 rings (SSSR count). The normalized spacial score (nSPS) is 16.8. The number of benzene rings is 1. The first-order valence-electron chi connectivity index (χ1n) is 9.27. The summed E-state index contributed by atoms with van der Waals surface area (Å²) >= 11 is 0. The van der Waals surface area contributed by atoms with Crippen LogP contribution < -0.4 is 5.32 Å². The predicted molar refractivity (Wildman–Crippen MR) is 101 cm³/mol. The standard InChI is InChI=1S/C21H27N3O/c1-2-3-13-24(16-17-7-6-11-22-14-17)21(25)20-9-5-4-8-19(20)18-10-12-23-15-18/h4-9,11,14,18,23H,2-3,10,12-13,15-16H2,1H3/t18-/m0/s1. The monoisotopic (exact) mass is 337 g/mol. The molecule has 4 nitrogen and oxygen atoms in total. The second-order valence-corrected chi connectivity index (χ2v) is 6.72. The predicted octanol–water partition coefficient (Wildman–Crippen LogP) is 3.60. The van der Waals surface area contributed by atoms with Crippen LogP contribution in [0.3, 0.4) is 0 Å². The van der Waals surface area contributed by atoms with E-state index in [-0.39, 0.29) is 5.91 Å². The molecule has 1 aromatic heterocycles. The molecule has 132 valence electrons. The van der Waals surface area contributed by atoms with Gasteiger partial charge in [0.25, 0.3) is 5.91 Å². The summed E-state index contributed by atoms with van der Waals surface area (Å²) in [7, 11) is 0. The molecule has 2 heterocycles. The van der Waals surface area contributed by atoms with Gasteiger partial charge in [-0.2, -0.15) is 0 Å². The zero-order valence-corrected chi connectivity index (χ0v) is 14.9. The van der Waals surface area contributed by atoms with Crippen molar-refractivity contribution in [1.82, 2.24) is 15.2 Å². The van der Waals surface area contributed by atoms with Gasteiger partial charge in [0.15, 0.2) is 0 Å². The lowest BCUT2D eigenvalue weighted by Crippen LogP contribution is -2.32. The maximum atomic E-state index is 13.3. The third kappa shape index (κ3) is 4.45. The molecular formula is C21H27N3O. The van der Waals surface area contributed by atoms with Crippen molar-refractivity contribution in [2.75, 3.05) is 19.6 Å². The lowest BCUT2D eigenvalue weighted by atomic mass is 9.92. The number of amides is 1. The Morgan fingerprint density at radius 1 is 1.28 bits per heavy atom. The van der Waals surface area contributed by atoms with Gasteiger partial charge < -0.3 is 10.2 Å². The van der Waals surface area contributed by atoms with Crippen molar-refractivity contribution in [1.29, 1.82) is 0 Å². The summed E-state index contributed by atoms with van der Waals surface area (Å²) in [5.74, 6) is 0.575. The average Bonchev–Trinajstić information content (AvgIpc) is 3.20. The van der Waals surface area contributed by atoms with Gasteiger partial charge in [0.05, 0.1) is 0 Å². The van der Waals surface area contributed by atoms with Crippen LogP contribution in [0, 0.1) is 0 Å². The van der Waals surface area contributed by atoms with Crippen LogP contribution in [0.2, 0.25) is 0 Å². The molecule has 2 aromatic rings. The maximum Gasteiger partial charge on any atom is 0.254 e. The smallest absolute Gasteiger partial charge is 0.254 e. The minimum atomic E-state index is 0.139. The van der Waals surface area contributed by atoms with Crippen molar-refractivity contribution in [2.45, 2.75) is 38.6 Å². The Morgan fingerprint density at radius 2 is 2.16 bits per heavy atom. The van der Waals surface area contributed by atoms with Gasteiger partial charge in [0, 0.05) is 37.6 Å². The number of nitrogens with one attached hydrogen (secondary N) is 1. The Bertz CT molecular complexity index is 681. The van der Waals surface area contributed by atoms with Crippen LogP contribution >= 0.6 is 0 Å². The van der Waals surface area contributed by atoms with Gasteiger partial charge in [-0.05, 0) is 48.6 Å². The van der Waals surface area contributed by atoms with Crippen LogP contribution in [-0.2, 0) is 6.54 Å². The van der Waals surface area contributed by atoms with E-state index in [2.05, 4.69) is 23.3 Å². The summed E-state index contributed by atoms with van der Waals surface area (Å²) in [6.45, 7) is 5.54. The lowest BCUT2D eigenvalue weighted by molar-refractivity contribution is 0.0739. The molecule has 1 fully saturated rings. The summed E-state index contributed by atoms with van der Waals surface area (Å²) in [6, 6.07) is 12.1. The lowest BCUT2D eigenvalue weighted by Gasteiger charge is -2.25. The number of hydrogen-bond donors (Lipinski definition) is 1. The molecule has 1 atom stereocenters. The molecule has 1 N–H and O–H groups in total. The average molecular weight is 337 g/mol. The summed E-state index contributed by atoms with van der Waals surface area (Å²) in [5.41, 5.74) is 3.12. The van der Waals surface area contributed by atoms with E-state index in [9.17, 15) is 4.79 Å². The van der Waals surface area contributed by atoms with E-state index < -0.39 is 0 Å². The van der Waals surface area contributed by atoms with Gasteiger partial charge in [-0.25, -0.2) is 0 Å². The van der Waals surface area contributed by atoms with E-state index in [1.165, 1.54) is 5.56 Å². The highest BCUT2D eigenvalue weighted by molar-refractivity contribution is 5.96. The fraction of sp³-hybridized carbons (Fsp3) is 0.429. The molecule has 4 heteroatoms. The van der Waals surface area contributed by atoms with Crippen LogP contribution in [0.4, 0.5) is 0 Å². The van der Waals surface area contributed by atoms with Gasteiger partial charge in [-0.3, -0.25) is 9.78 Å². The maximum absolute atomic E-state index is 13.3. The Morgan fingerprint density at radius 3 is 2.88 bits per heavy atom. The van der Waals surface area contributed by atoms with Crippen molar-refractivity contribution in [3.05, 3.63) is 65.5 Å². The molecule has 1 aliphatic rings. The number of rotatable bonds is 7. The second kappa shape index (κ2) is 8.77. The molecule has 0 saturated carbocycles. The number of unbranched alkanes of at least 4 members (excludes halogenated alkanes) is 1. The fourth-order valence-corrected chi connectivity index (χ4v) is 3.45. The molecule has 1 saturated heterocycles. The second-order valence-electron chi connectivity index (χ2n) is 6.72. The van der Waals surface area contributed by atoms with Gasteiger partial charge in [-0.1, -0.05) is 37.6 Å². The quantitative estimate of drug-likeness (QED) is 0.839. The van der Waals surface area contributed by atoms with Crippen molar-refractivity contribution >= 4 is 5.91 Å². The Balaban J connectivity index is 1.84. The van der Waals surface area contributed by atoms with E-state index in [0.717, 1.165) is 50.0 Å². The highest BCUT2D eigenvalue weighted by atomic mass is 16.2. The highest BCUT2D eigenvalue weighted by Gasteiger charge is 2.24. The Hall–Kier alpha value is -2.20. The molecule has 1 aliphatic heterocycles. The van der Waals surface area contributed by atoms with Crippen LogP contribution in [0.1, 0.15) is 53.6 Å². The van der Waals surface area contributed by atoms with Crippen LogP contribution in [-0.4, -0.2) is 35.4 Å². The number of aromatic nitrogens is 1. The van der Waals surface area contributed by atoms with Gasteiger partial charge in [0.1, 0.15) is 0 Å². The molecule has 25 heavy (non-hydrogen) atoms. The first-order valence-corrected chi connectivity index (χ1v) is 9.27. The first kappa shape index (κ1) is 17.6. The van der Waals surface area contributed by atoms with E-state index >= 15 is 0 Å². The van der Waals surface area contributed by atoms with Crippen molar-refractivity contribution in [3.63, 3.8) is 0 Å². The molecular weight excluding hydrogens is 310 g/mol. The zero-order valence-electron chi connectivity index (χ0n) is 14.9. The van der Waals surface area contributed by atoms with Crippen molar-refractivity contribution in [3.8, 4) is 0 Å². The largest absolute Gasteiger partial charge is 0.334 e. The fourth-order valence-electron chi connectivity index (χ4n) is 3.45. The third-order valence-corrected chi connectivity index (χ3v) is 4.86. The summed E-state index contributed by atoms with van der Waals surface area (Å²) in [6.07, 6.45) is 6.80. The van der Waals surface area contributed by atoms with E-state index in [0.29, 0.717) is 12.5 Å². The van der Waals surface area contributed by atoms with Crippen LogP contribution in [0.5, 0.6) is 0 Å². The number of hydrogen-bond acceptors (Lipinski definition) is 3. The van der Waals surface area contributed by atoms with E-state index in [1.54, 1.807) is 6.20 Å². The third-order valence-electron chi connectivity index (χ3n) is 4.86. The highest BCUT2D eigenvalue weighted by Crippen LogP contribution is 2.27. The van der Waals surface area contributed by atoms with Crippen molar-refractivity contribution < 1.29 is 4.79 Å². The van der Waals surface area contributed by atoms with Crippen LogP contribution in [0.25, 0.3) is 0 Å². The molecule has 1 amide bonds. The number of pyridine rings is 1. The number of carbonyl (C=O) groups excluding carboxylic acids is 1. The Kier molecular flexibility index (Phi) is 6.18. The molecule has 0 unspecified atom stereocenters. The SMILES string of the molecule is CCCCN(Cc1cccnc1)C(=O)c1ccccc1[C@H]1CCNC1. The molecule has 0 radical (unpaired) electrons. The minimum Gasteiger partial charge on any atom is -0.334 e. The molecule has 0 bridgehead atoms. The van der Waals surface area contributed by atoms with E-state index in [4.69, 9.17) is 0 Å². The minimum absolute atomic E-state index is 0.139. The molecule has 0 aliphatic carbocycles. The van der Waals surface area contributed by atoms with Crippen LogP contribution in [0.15, 0.2) is 48.8 Å². The molecule has 1 aromatic carbocycles. The van der Waals surface area contributed by atoms with Crippen molar-refractivity contribution in [2.24, 2.45) is 0 Å². The number of nitrogens with zero attached hydrogens (tertiary/aromatic N) is 2. The summed E-state index contributed by atoms with van der Waals surface area (Å²) < 4.78 is 0. The summed E-state index contributed by atoms with van der Waals surface area (Å²) in [4.78, 5) is 19.5. The Labute approximate surface area is 150 Å².